The molecule has 116 valence electrons. The molecule has 3 heterocycles. The molecule has 0 aliphatic heterocycles. The van der Waals surface area contributed by atoms with Gasteiger partial charge in [-0.2, -0.15) is 0 Å². The van der Waals surface area contributed by atoms with Crippen molar-refractivity contribution in [1.29, 1.82) is 0 Å². The van der Waals surface area contributed by atoms with Crippen LogP contribution in [0.5, 0.6) is 0 Å². The highest BCUT2D eigenvalue weighted by Crippen LogP contribution is 2.34. The second kappa shape index (κ2) is 6.49. The smallest absolute Gasteiger partial charge is 0.343 e. The van der Waals surface area contributed by atoms with Crippen LogP contribution < -0.4 is 5.69 Å². The predicted molar refractivity (Wildman–Crippen MR) is 85.0 cm³/mol. The molecule has 0 radical (unpaired) electrons. The molecule has 22 heavy (non-hydrogen) atoms. The number of aromatic nitrogens is 5. The predicted octanol–water partition coefficient (Wildman–Crippen LogP) is 2.95. The van der Waals surface area contributed by atoms with E-state index >= 15 is 0 Å². The first kappa shape index (κ1) is 15.0. The number of rotatable bonds is 6. The molecule has 1 unspecified atom stereocenters. The van der Waals surface area contributed by atoms with Crippen molar-refractivity contribution in [3.63, 3.8) is 0 Å². The maximum Gasteiger partial charge on any atom is 0.343 e. The Morgan fingerprint density at radius 3 is 3.09 bits per heavy atom. The number of thioether (sulfide) groups is 1. The summed E-state index contributed by atoms with van der Waals surface area (Å²) in [6, 6.07) is 3.88. The van der Waals surface area contributed by atoms with Crippen LogP contribution in [0.4, 0.5) is 0 Å². The van der Waals surface area contributed by atoms with Crippen LogP contribution in [-0.2, 0) is 6.54 Å². The molecule has 1 atom stereocenters. The molecule has 3 rings (SSSR count). The molecule has 9 heteroatoms. The second-order valence-corrected chi connectivity index (χ2v) is 6.90. The first-order valence-corrected chi connectivity index (χ1v) is 8.64. The molecule has 0 aliphatic rings. The minimum Gasteiger partial charge on any atom is -0.419 e. The third-order valence-corrected chi connectivity index (χ3v) is 4.91. The second-order valence-electron chi connectivity index (χ2n) is 4.65. The third kappa shape index (κ3) is 3.00. The minimum atomic E-state index is -0.193. The molecule has 0 saturated carbocycles. The molecule has 0 aliphatic carbocycles. The van der Waals surface area contributed by atoms with Crippen LogP contribution in [0.1, 0.15) is 31.4 Å². The number of hydrogen-bond acceptors (Lipinski definition) is 7. The molecule has 3 aromatic heterocycles. The van der Waals surface area contributed by atoms with Gasteiger partial charge in [-0.05, 0) is 24.8 Å². The standard InChI is InChI=1S/C13H15N5O2S2/c1-3-6-18-12(19)16-17-13(18)22-8(2)10-14-15-11(20-10)9-5-4-7-21-9/h4-5,7-8H,3,6H2,1-2H3,(H,16,19). The van der Waals surface area contributed by atoms with Gasteiger partial charge in [-0.25, -0.2) is 9.89 Å². The molecule has 0 aromatic carbocycles. The van der Waals surface area contributed by atoms with Crippen LogP contribution >= 0.6 is 23.1 Å². The van der Waals surface area contributed by atoms with E-state index in [0.717, 1.165) is 11.3 Å². The summed E-state index contributed by atoms with van der Waals surface area (Å²) in [7, 11) is 0. The topological polar surface area (TPSA) is 89.6 Å². The van der Waals surface area contributed by atoms with Gasteiger partial charge in [-0.15, -0.1) is 26.6 Å². The maximum atomic E-state index is 11.7. The molecule has 1 N–H and O–H groups in total. The molecule has 3 aromatic rings. The first-order valence-electron chi connectivity index (χ1n) is 6.88. The lowest BCUT2D eigenvalue weighted by atomic mass is 10.5. The molecule has 7 nitrogen and oxygen atoms in total. The summed E-state index contributed by atoms with van der Waals surface area (Å²) in [6.45, 7) is 4.60. The van der Waals surface area contributed by atoms with E-state index in [-0.39, 0.29) is 10.9 Å². The largest absolute Gasteiger partial charge is 0.419 e. The first-order chi connectivity index (χ1) is 10.7. The Bertz CT molecular complexity index is 790. The van der Waals surface area contributed by atoms with Gasteiger partial charge < -0.3 is 4.42 Å². The van der Waals surface area contributed by atoms with Gasteiger partial charge in [-0.1, -0.05) is 24.8 Å². The van der Waals surface area contributed by atoms with E-state index in [1.54, 1.807) is 15.9 Å². The van der Waals surface area contributed by atoms with Crippen LogP contribution in [0.3, 0.4) is 0 Å². The zero-order valence-corrected chi connectivity index (χ0v) is 13.8. The molecule has 0 fully saturated rings. The van der Waals surface area contributed by atoms with E-state index < -0.39 is 0 Å². The number of H-pyrrole nitrogens is 1. The summed E-state index contributed by atoms with van der Waals surface area (Å²) in [5, 5.41) is 17.2. The zero-order chi connectivity index (χ0) is 15.5. The Balaban J connectivity index is 1.78. The van der Waals surface area contributed by atoms with Gasteiger partial charge in [0.2, 0.25) is 5.89 Å². The van der Waals surface area contributed by atoms with E-state index in [1.807, 2.05) is 31.4 Å². The molecule has 0 amide bonds. The molecule has 0 saturated heterocycles. The van der Waals surface area contributed by atoms with Crippen LogP contribution in [0.15, 0.2) is 31.9 Å². The highest BCUT2D eigenvalue weighted by atomic mass is 32.2. The van der Waals surface area contributed by atoms with E-state index in [4.69, 9.17) is 4.42 Å². The summed E-state index contributed by atoms with van der Waals surface area (Å²) in [5.41, 5.74) is -0.193. The van der Waals surface area contributed by atoms with Crippen molar-refractivity contribution in [2.75, 3.05) is 0 Å². The van der Waals surface area contributed by atoms with E-state index in [2.05, 4.69) is 20.4 Å². The maximum absolute atomic E-state index is 11.7. The van der Waals surface area contributed by atoms with Gasteiger partial charge in [0.15, 0.2) is 5.16 Å². The van der Waals surface area contributed by atoms with Crippen molar-refractivity contribution in [2.45, 2.75) is 37.2 Å². The fraction of sp³-hybridized carbons (Fsp3) is 0.385. The molecular weight excluding hydrogens is 322 g/mol. The third-order valence-electron chi connectivity index (χ3n) is 2.97. The summed E-state index contributed by atoms with van der Waals surface area (Å²) in [5.74, 6) is 1.04. The number of thiophene rings is 1. The average molecular weight is 337 g/mol. The van der Waals surface area contributed by atoms with Crippen molar-refractivity contribution >= 4 is 23.1 Å². The zero-order valence-electron chi connectivity index (χ0n) is 12.1. The number of hydrogen-bond donors (Lipinski definition) is 1. The lowest BCUT2D eigenvalue weighted by Gasteiger charge is -2.06. The summed E-state index contributed by atoms with van der Waals surface area (Å²) in [4.78, 5) is 12.6. The highest BCUT2D eigenvalue weighted by Gasteiger charge is 2.20. The lowest BCUT2D eigenvalue weighted by Crippen LogP contribution is -2.17. The Labute approximate surface area is 134 Å². The highest BCUT2D eigenvalue weighted by molar-refractivity contribution is 7.99. The summed E-state index contributed by atoms with van der Waals surface area (Å²) >= 11 is 2.97. The number of aromatic amines is 1. The summed E-state index contributed by atoms with van der Waals surface area (Å²) in [6.07, 6.45) is 0.866. The molecule has 0 bridgehead atoms. The summed E-state index contributed by atoms with van der Waals surface area (Å²) < 4.78 is 7.33. The van der Waals surface area contributed by atoms with Crippen molar-refractivity contribution in [3.05, 3.63) is 33.9 Å². The monoisotopic (exact) mass is 337 g/mol. The fourth-order valence-corrected chi connectivity index (χ4v) is 3.48. The quantitative estimate of drug-likeness (QED) is 0.696. The Hall–Kier alpha value is -1.87. The van der Waals surface area contributed by atoms with Gasteiger partial charge >= 0.3 is 5.69 Å². The van der Waals surface area contributed by atoms with Gasteiger partial charge in [0.05, 0.1) is 10.1 Å². The average Bonchev–Trinajstić information content (AvgIpc) is 3.22. The number of nitrogens with one attached hydrogen (secondary N) is 1. The van der Waals surface area contributed by atoms with E-state index in [0.29, 0.717) is 23.5 Å². The Kier molecular flexibility index (Phi) is 4.44. The molecular formula is C13H15N5O2S2. The lowest BCUT2D eigenvalue weighted by molar-refractivity contribution is 0.509. The van der Waals surface area contributed by atoms with E-state index in [1.165, 1.54) is 11.8 Å². The normalized spacial score (nSPS) is 12.6. The van der Waals surface area contributed by atoms with Crippen molar-refractivity contribution in [3.8, 4) is 10.8 Å². The van der Waals surface area contributed by atoms with Gasteiger partial charge in [0.25, 0.3) is 5.89 Å². The van der Waals surface area contributed by atoms with Crippen molar-refractivity contribution in [2.24, 2.45) is 0 Å². The van der Waals surface area contributed by atoms with Crippen molar-refractivity contribution in [1.82, 2.24) is 25.0 Å². The van der Waals surface area contributed by atoms with Crippen LogP contribution in [0, 0.1) is 0 Å². The van der Waals surface area contributed by atoms with Gasteiger partial charge in [0.1, 0.15) is 0 Å². The number of nitrogens with zero attached hydrogens (tertiary/aromatic N) is 4. The van der Waals surface area contributed by atoms with Crippen LogP contribution in [-0.4, -0.2) is 25.0 Å². The van der Waals surface area contributed by atoms with Crippen LogP contribution in [0.2, 0.25) is 0 Å². The van der Waals surface area contributed by atoms with Gasteiger partial charge in [-0.3, -0.25) is 4.57 Å². The van der Waals surface area contributed by atoms with Crippen molar-refractivity contribution < 1.29 is 4.42 Å². The van der Waals surface area contributed by atoms with Gasteiger partial charge in [0, 0.05) is 6.54 Å². The van der Waals surface area contributed by atoms with Crippen LogP contribution in [0.25, 0.3) is 10.8 Å². The minimum absolute atomic E-state index is 0.0907. The molecule has 0 spiro atoms. The Morgan fingerprint density at radius 1 is 1.50 bits per heavy atom. The Morgan fingerprint density at radius 2 is 2.36 bits per heavy atom. The van der Waals surface area contributed by atoms with E-state index in [9.17, 15) is 4.79 Å². The fourth-order valence-electron chi connectivity index (χ4n) is 1.92. The SMILES string of the molecule is CCCn1c(SC(C)c2nnc(-c3cccs3)o2)n[nH]c1=O.